The van der Waals surface area contributed by atoms with E-state index in [1.165, 1.54) is 0 Å². The second kappa shape index (κ2) is 4.74. The highest BCUT2D eigenvalue weighted by atomic mass is 16.4. The summed E-state index contributed by atoms with van der Waals surface area (Å²) in [7, 11) is 0. The van der Waals surface area contributed by atoms with Crippen molar-refractivity contribution in [1.82, 2.24) is 0 Å². The number of aliphatic carboxylic acids is 2. The molecule has 0 unspecified atom stereocenters. The maximum absolute atomic E-state index is 10.6. The molecule has 70 valence electrons. The van der Waals surface area contributed by atoms with Gasteiger partial charge in [-0.1, -0.05) is 20.3 Å². The van der Waals surface area contributed by atoms with Crippen LogP contribution in [0.4, 0.5) is 0 Å². The first kappa shape index (κ1) is 10.9. The lowest BCUT2D eigenvalue weighted by atomic mass is 9.89. The van der Waals surface area contributed by atoms with Crippen LogP contribution in [-0.4, -0.2) is 22.2 Å². The number of rotatable bonds is 5. The van der Waals surface area contributed by atoms with E-state index in [2.05, 4.69) is 0 Å². The first-order valence-corrected chi connectivity index (χ1v) is 3.93. The molecule has 12 heavy (non-hydrogen) atoms. The molecule has 0 aliphatic carbocycles. The van der Waals surface area contributed by atoms with E-state index in [1.54, 1.807) is 6.92 Å². The molecule has 0 aromatic rings. The predicted octanol–water partition coefficient (Wildman–Crippen LogP) is 1.21. The highest BCUT2D eigenvalue weighted by Gasteiger charge is 2.25. The molecule has 0 spiro atoms. The van der Waals surface area contributed by atoms with Crippen LogP contribution in [0.2, 0.25) is 0 Å². The Bertz CT molecular complexity index is 176. The Morgan fingerprint density at radius 1 is 1.33 bits per heavy atom. The van der Waals surface area contributed by atoms with Crippen molar-refractivity contribution < 1.29 is 19.8 Å². The second-order valence-electron chi connectivity index (χ2n) is 2.93. The highest BCUT2D eigenvalue weighted by molar-refractivity contribution is 5.77. The van der Waals surface area contributed by atoms with Crippen LogP contribution in [0.1, 0.15) is 26.7 Å². The Hall–Kier alpha value is -1.06. The molecule has 0 saturated carbocycles. The van der Waals surface area contributed by atoms with Crippen LogP contribution in [0.3, 0.4) is 0 Å². The van der Waals surface area contributed by atoms with Gasteiger partial charge < -0.3 is 10.2 Å². The minimum Gasteiger partial charge on any atom is -0.481 e. The normalized spacial score (nSPS) is 15.2. The fourth-order valence-electron chi connectivity index (χ4n) is 1.00. The molecule has 0 aromatic carbocycles. The van der Waals surface area contributed by atoms with Gasteiger partial charge in [0.2, 0.25) is 0 Å². The van der Waals surface area contributed by atoms with Crippen LogP contribution in [0.5, 0.6) is 0 Å². The molecule has 2 atom stereocenters. The fraction of sp³-hybridized carbons (Fsp3) is 0.750. The van der Waals surface area contributed by atoms with Gasteiger partial charge in [-0.3, -0.25) is 9.59 Å². The Kier molecular flexibility index (Phi) is 4.33. The van der Waals surface area contributed by atoms with Gasteiger partial charge in [-0.15, -0.1) is 0 Å². The zero-order chi connectivity index (χ0) is 9.72. The lowest BCUT2D eigenvalue weighted by molar-refractivity contribution is -0.150. The van der Waals surface area contributed by atoms with Crippen LogP contribution in [-0.2, 0) is 9.59 Å². The summed E-state index contributed by atoms with van der Waals surface area (Å²) in [4.78, 5) is 20.8. The van der Waals surface area contributed by atoms with Crippen LogP contribution in [0.15, 0.2) is 0 Å². The van der Waals surface area contributed by atoms with E-state index in [-0.39, 0.29) is 12.3 Å². The van der Waals surface area contributed by atoms with Crippen molar-refractivity contribution in [2.75, 3.05) is 0 Å². The van der Waals surface area contributed by atoms with Gasteiger partial charge >= 0.3 is 11.9 Å². The van der Waals surface area contributed by atoms with Crippen LogP contribution >= 0.6 is 0 Å². The molecule has 0 bridgehead atoms. The minimum absolute atomic E-state index is 0.0846. The van der Waals surface area contributed by atoms with Crippen molar-refractivity contribution >= 4 is 11.9 Å². The first-order chi connectivity index (χ1) is 5.49. The van der Waals surface area contributed by atoms with E-state index in [0.29, 0.717) is 6.42 Å². The van der Waals surface area contributed by atoms with E-state index < -0.39 is 17.9 Å². The quantitative estimate of drug-likeness (QED) is 0.656. The van der Waals surface area contributed by atoms with E-state index in [0.717, 1.165) is 0 Å². The molecule has 0 amide bonds. The number of carboxylic acid groups (broad SMARTS) is 2. The number of carbonyl (C=O) groups is 2. The summed E-state index contributed by atoms with van der Waals surface area (Å²) in [6.45, 7) is 3.60. The van der Waals surface area contributed by atoms with Gasteiger partial charge in [-0.25, -0.2) is 0 Å². The Morgan fingerprint density at radius 3 is 2.08 bits per heavy atom. The van der Waals surface area contributed by atoms with E-state index in [1.807, 2.05) is 6.92 Å². The van der Waals surface area contributed by atoms with Gasteiger partial charge in [0.05, 0.1) is 12.3 Å². The molecule has 2 N–H and O–H groups in total. The topological polar surface area (TPSA) is 74.6 Å². The molecule has 4 nitrogen and oxygen atoms in total. The summed E-state index contributed by atoms with van der Waals surface area (Å²) in [6, 6.07) is 0. The maximum atomic E-state index is 10.6. The van der Waals surface area contributed by atoms with Gasteiger partial charge in [0.1, 0.15) is 0 Å². The predicted molar refractivity (Wildman–Crippen MR) is 42.8 cm³/mol. The summed E-state index contributed by atoms with van der Waals surface area (Å²) >= 11 is 0. The maximum Gasteiger partial charge on any atom is 0.307 e. The van der Waals surface area contributed by atoms with E-state index in [9.17, 15) is 9.59 Å². The molecule has 0 aliphatic heterocycles. The molecule has 0 rings (SSSR count). The SMILES string of the molecule is CC[C@H](C)[C@H](CC(=O)O)C(=O)O. The zero-order valence-electron chi connectivity index (χ0n) is 7.28. The third-order valence-electron chi connectivity index (χ3n) is 2.04. The molecular formula is C8H14O4. The molecule has 0 heterocycles. The minimum atomic E-state index is -1.05. The summed E-state index contributed by atoms with van der Waals surface area (Å²) < 4.78 is 0. The summed E-state index contributed by atoms with van der Waals surface area (Å²) in [5.74, 6) is -2.92. The zero-order valence-corrected chi connectivity index (χ0v) is 7.28. The molecule has 0 radical (unpaired) electrons. The smallest absolute Gasteiger partial charge is 0.307 e. The van der Waals surface area contributed by atoms with Crippen molar-refractivity contribution in [3.8, 4) is 0 Å². The summed E-state index contributed by atoms with van der Waals surface area (Å²) in [6.07, 6.45) is 0.397. The Balaban J connectivity index is 4.22. The average Bonchev–Trinajstić information content (AvgIpc) is 1.98. The van der Waals surface area contributed by atoms with Gasteiger partial charge in [0.15, 0.2) is 0 Å². The number of hydrogen-bond donors (Lipinski definition) is 2. The molecule has 0 aliphatic rings. The number of hydrogen-bond acceptors (Lipinski definition) is 2. The third-order valence-corrected chi connectivity index (χ3v) is 2.04. The van der Waals surface area contributed by atoms with Gasteiger partial charge in [-0.2, -0.15) is 0 Å². The highest BCUT2D eigenvalue weighted by Crippen LogP contribution is 2.18. The van der Waals surface area contributed by atoms with Crippen LogP contribution in [0.25, 0.3) is 0 Å². The molecule has 4 heteroatoms. The fourth-order valence-corrected chi connectivity index (χ4v) is 1.00. The first-order valence-electron chi connectivity index (χ1n) is 3.93. The van der Waals surface area contributed by atoms with Crippen molar-refractivity contribution in [2.45, 2.75) is 26.7 Å². The lowest BCUT2D eigenvalue weighted by Crippen LogP contribution is -2.24. The second-order valence-corrected chi connectivity index (χ2v) is 2.93. The van der Waals surface area contributed by atoms with E-state index in [4.69, 9.17) is 10.2 Å². The Labute approximate surface area is 71.2 Å². The van der Waals surface area contributed by atoms with Gasteiger partial charge in [0.25, 0.3) is 0 Å². The van der Waals surface area contributed by atoms with Crippen LogP contribution < -0.4 is 0 Å². The monoisotopic (exact) mass is 174 g/mol. The van der Waals surface area contributed by atoms with E-state index >= 15 is 0 Å². The van der Waals surface area contributed by atoms with Crippen molar-refractivity contribution in [2.24, 2.45) is 11.8 Å². The lowest BCUT2D eigenvalue weighted by Gasteiger charge is -2.15. The van der Waals surface area contributed by atoms with Gasteiger partial charge in [0, 0.05) is 0 Å². The summed E-state index contributed by atoms with van der Waals surface area (Å²) in [5.41, 5.74) is 0. The molecule has 0 aromatic heterocycles. The van der Waals surface area contributed by atoms with Crippen molar-refractivity contribution in [3.05, 3.63) is 0 Å². The van der Waals surface area contributed by atoms with Crippen molar-refractivity contribution in [3.63, 3.8) is 0 Å². The van der Waals surface area contributed by atoms with Crippen LogP contribution in [0, 0.1) is 11.8 Å². The largest absolute Gasteiger partial charge is 0.481 e. The summed E-state index contributed by atoms with van der Waals surface area (Å²) in [5, 5.41) is 17.1. The van der Waals surface area contributed by atoms with Gasteiger partial charge in [-0.05, 0) is 5.92 Å². The third kappa shape index (κ3) is 3.37. The Morgan fingerprint density at radius 2 is 1.83 bits per heavy atom. The average molecular weight is 174 g/mol. The molecule has 0 saturated heterocycles. The molecular weight excluding hydrogens is 160 g/mol. The van der Waals surface area contributed by atoms with Crippen molar-refractivity contribution in [1.29, 1.82) is 0 Å². The standard InChI is InChI=1S/C8H14O4/c1-3-5(2)6(8(11)12)4-7(9)10/h5-6H,3-4H2,1-2H3,(H,9,10)(H,11,12)/t5-,6-/m0/s1. The number of carboxylic acids is 2. The molecule has 0 fully saturated rings.